The van der Waals surface area contributed by atoms with Gasteiger partial charge in [0.15, 0.2) is 5.88 Å². The van der Waals surface area contributed by atoms with Crippen LogP contribution in [0.15, 0.2) is 34.7 Å². The lowest BCUT2D eigenvalue weighted by molar-refractivity contribution is 0.240. The standard InChI is InChI=1S/C17H20N4O3/c1-12-5-6-14(13(2)11-12)23-10-4-9-19-17(22)21-20-16-8-7-15(18-3)24-16/h5-8,11,20H,4,9-10H2,1-2H3,(H2,19,21,22). The topological polar surface area (TPSA) is 79.9 Å². The molecule has 1 aromatic carbocycles. The van der Waals surface area contributed by atoms with Crippen molar-refractivity contribution >= 4 is 17.8 Å². The highest BCUT2D eigenvalue weighted by Crippen LogP contribution is 2.19. The monoisotopic (exact) mass is 328 g/mol. The number of hydrogen-bond donors (Lipinski definition) is 3. The van der Waals surface area contributed by atoms with Gasteiger partial charge in [0.05, 0.1) is 13.2 Å². The summed E-state index contributed by atoms with van der Waals surface area (Å²) in [4.78, 5) is 14.7. The van der Waals surface area contributed by atoms with Gasteiger partial charge in [-0.1, -0.05) is 17.7 Å². The zero-order chi connectivity index (χ0) is 17.4. The number of urea groups is 1. The first-order valence-corrected chi connectivity index (χ1v) is 7.55. The van der Waals surface area contributed by atoms with E-state index in [9.17, 15) is 4.79 Å². The van der Waals surface area contributed by atoms with E-state index in [-0.39, 0.29) is 11.9 Å². The predicted octanol–water partition coefficient (Wildman–Crippen LogP) is 3.54. The number of aryl methyl sites for hydroxylation is 2. The molecule has 1 heterocycles. The molecule has 0 radical (unpaired) electrons. The number of anilines is 1. The third kappa shape index (κ3) is 5.25. The van der Waals surface area contributed by atoms with Gasteiger partial charge in [-0.25, -0.2) is 10.2 Å². The van der Waals surface area contributed by atoms with Crippen LogP contribution in [0.4, 0.5) is 16.6 Å². The van der Waals surface area contributed by atoms with Gasteiger partial charge in [0, 0.05) is 6.54 Å². The summed E-state index contributed by atoms with van der Waals surface area (Å²) in [5.74, 6) is 1.32. The highest BCUT2D eigenvalue weighted by Gasteiger charge is 2.03. The molecule has 126 valence electrons. The number of carbonyl (C=O) groups excluding carboxylic acids is 1. The zero-order valence-electron chi connectivity index (χ0n) is 13.7. The van der Waals surface area contributed by atoms with E-state index in [1.54, 1.807) is 6.07 Å². The molecule has 1 aromatic heterocycles. The zero-order valence-corrected chi connectivity index (χ0v) is 13.7. The normalized spacial score (nSPS) is 9.88. The van der Waals surface area contributed by atoms with E-state index in [2.05, 4.69) is 27.1 Å². The lowest BCUT2D eigenvalue weighted by atomic mass is 10.1. The van der Waals surface area contributed by atoms with E-state index < -0.39 is 0 Å². The van der Waals surface area contributed by atoms with E-state index in [4.69, 9.17) is 15.7 Å². The summed E-state index contributed by atoms with van der Waals surface area (Å²) in [5, 5.41) is 2.69. The summed E-state index contributed by atoms with van der Waals surface area (Å²) in [6.45, 7) is 11.8. The van der Waals surface area contributed by atoms with Crippen LogP contribution in [0.2, 0.25) is 0 Å². The summed E-state index contributed by atoms with van der Waals surface area (Å²) in [5.41, 5.74) is 7.30. The smallest absolute Gasteiger partial charge is 0.347 e. The van der Waals surface area contributed by atoms with Crippen molar-refractivity contribution in [2.75, 3.05) is 18.6 Å². The maximum Gasteiger partial charge on any atom is 0.347 e. The maximum atomic E-state index is 11.6. The van der Waals surface area contributed by atoms with Gasteiger partial charge in [-0.2, -0.15) is 4.85 Å². The van der Waals surface area contributed by atoms with Crippen LogP contribution in [0.5, 0.6) is 5.75 Å². The second kappa shape index (κ2) is 8.48. The Morgan fingerprint density at radius 1 is 1.29 bits per heavy atom. The number of carbonyl (C=O) groups is 1. The molecule has 2 rings (SSSR count). The number of ether oxygens (including phenoxy) is 1. The van der Waals surface area contributed by atoms with Crippen molar-refractivity contribution in [2.24, 2.45) is 0 Å². The fraction of sp³-hybridized carbons (Fsp3) is 0.294. The summed E-state index contributed by atoms with van der Waals surface area (Å²) < 4.78 is 10.8. The Hall–Kier alpha value is -3.14. The minimum atomic E-state index is -0.387. The average molecular weight is 328 g/mol. The van der Waals surface area contributed by atoms with Crippen molar-refractivity contribution in [3.05, 3.63) is 52.9 Å². The Bertz CT molecular complexity index is 734. The second-order valence-corrected chi connectivity index (χ2v) is 5.23. The molecule has 24 heavy (non-hydrogen) atoms. The molecule has 7 heteroatoms. The molecule has 0 saturated heterocycles. The molecule has 0 saturated carbocycles. The van der Waals surface area contributed by atoms with E-state index >= 15 is 0 Å². The minimum absolute atomic E-state index is 0.156. The van der Waals surface area contributed by atoms with E-state index in [1.165, 1.54) is 11.6 Å². The van der Waals surface area contributed by atoms with Gasteiger partial charge in [0.1, 0.15) is 5.75 Å². The van der Waals surface area contributed by atoms with E-state index in [0.29, 0.717) is 25.5 Å². The minimum Gasteiger partial charge on any atom is -0.493 e. The van der Waals surface area contributed by atoms with Crippen molar-refractivity contribution < 1.29 is 13.9 Å². The number of nitrogens with zero attached hydrogens (tertiary/aromatic N) is 1. The van der Waals surface area contributed by atoms with Crippen LogP contribution in [0, 0.1) is 20.4 Å². The van der Waals surface area contributed by atoms with Crippen molar-refractivity contribution in [1.29, 1.82) is 0 Å². The second-order valence-electron chi connectivity index (χ2n) is 5.23. The quantitative estimate of drug-likeness (QED) is 0.412. The van der Waals surface area contributed by atoms with Gasteiger partial charge in [-0.05, 0) is 44.0 Å². The van der Waals surface area contributed by atoms with Gasteiger partial charge in [-0.3, -0.25) is 5.43 Å². The Balaban J connectivity index is 1.60. The Labute approximate surface area is 140 Å². The molecule has 0 aliphatic heterocycles. The molecule has 0 aliphatic rings. The number of rotatable bonds is 7. The molecule has 7 nitrogen and oxygen atoms in total. The summed E-state index contributed by atoms with van der Waals surface area (Å²) in [7, 11) is 0. The van der Waals surface area contributed by atoms with Crippen LogP contribution in [0.1, 0.15) is 17.5 Å². The van der Waals surface area contributed by atoms with Gasteiger partial charge in [0.2, 0.25) is 0 Å². The first-order valence-electron chi connectivity index (χ1n) is 7.55. The van der Waals surface area contributed by atoms with E-state index in [0.717, 1.165) is 11.3 Å². The number of nitrogens with one attached hydrogen (secondary N) is 3. The Morgan fingerprint density at radius 3 is 2.83 bits per heavy atom. The summed E-state index contributed by atoms with van der Waals surface area (Å²) in [6.07, 6.45) is 0.684. The van der Waals surface area contributed by atoms with E-state index in [1.807, 2.05) is 26.0 Å². The van der Waals surface area contributed by atoms with Gasteiger partial charge >= 0.3 is 11.9 Å². The Kier molecular flexibility index (Phi) is 6.08. The van der Waals surface area contributed by atoms with Crippen molar-refractivity contribution in [1.82, 2.24) is 10.7 Å². The predicted molar refractivity (Wildman–Crippen MR) is 91.2 cm³/mol. The largest absolute Gasteiger partial charge is 0.493 e. The van der Waals surface area contributed by atoms with Crippen molar-refractivity contribution in [2.45, 2.75) is 20.3 Å². The van der Waals surface area contributed by atoms with Crippen molar-refractivity contribution in [3.63, 3.8) is 0 Å². The fourth-order valence-electron chi connectivity index (χ4n) is 2.03. The Morgan fingerprint density at radius 2 is 2.12 bits per heavy atom. The molecular formula is C17H20N4O3. The lowest BCUT2D eigenvalue weighted by Gasteiger charge is -2.11. The summed E-state index contributed by atoms with van der Waals surface area (Å²) >= 11 is 0. The first-order chi connectivity index (χ1) is 11.6. The van der Waals surface area contributed by atoms with Gasteiger partial charge in [-0.15, -0.1) is 0 Å². The molecule has 0 spiro atoms. The van der Waals surface area contributed by atoms with Crippen LogP contribution in [0.3, 0.4) is 0 Å². The highest BCUT2D eigenvalue weighted by atomic mass is 16.5. The third-order valence-electron chi connectivity index (χ3n) is 3.20. The molecule has 0 bridgehead atoms. The van der Waals surface area contributed by atoms with Gasteiger partial charge in [0.25, 0.3) is 0 Å². The average Bonchev–Trinajstić information content (AvgIpc) is 3.02. The number of hydrazine groups is 1. The fourth-order valence-corrected chi connectivity index (χ4v) is 2.03. The van der Waals surface area contributed by atoms with Crippen LogP contribution < -0.4 is 20.9 Å². The maximum absolute atomic E-state index is 11.6. The van der Waals surface area contributed by atoms with Gasteiger partial charge < -0.3 is 14.5 Å². The molecule has 0 fully saturated rings. The van der Waals surface area contributed by atoms with Crippen LogP contribution in [-0.4, -0.2) is 19.2 Å². The third-order valence-corrected chi connectivity index (χ3v) is 3.20. The molecule has 2 aromatic rings. The number of hydrogen-bond acceptors (Lipinski definition) is 4. The molecular weight excluding hydrogens is 308 g/mol. The van der Waals surface area contributed by atoms with Crippen LogP contribution >= 0.6 is 0 Å². The molecule has 3 N–H and O–H groups in total. The molecule has 2 amide bonds. The lowest BCUT2D eigenvalue weighted by Crippen LogP contribution is -2.39. The summed E-state index contributed by atoms with van der Waals surface area (Å²) in [6, 6.07) is 8.72. The molecule has 0 aliphatic carbocycles. The number of benzene rings is 1. The molecule has 0 atom stereocenters. The highest BCUT2D eigenvalue weighted by molar-refractivity contribution is 5.75. The molecule has 0 unspecified atom stereocenters. The first kappa shape index (κ1) is 17.2. The number of furan rings is 1. The van der Waals surface area contributed by atoms with Crippen molar-refractivity contribution in [3.8, 4) is 5.75 Å². The van der Waals surface area contributed by atoms with Crippen LogP contribution in [0.25, 0.3) is 4.85 Å². The van der Waals surface area contributed by atoms with Crippen LogP contribution in [-0.2, 0) is 0 Å². The number of amides is 2. The SMILES string of the molecule is [C-]#[N+]c1ccc(NNC(=O)NCCCOc2ccc(C)cc2C)o1.